The summed E-state index contributed by atoms with van der Waals surface area (Å²) in [4.78, 5) is 0. The van der Waals surface area contributed by atoms with Crippen LogP contribution in [-0.4, -0.2) is 36.9 Å². The minimum Gasteiger partial charge on any atom is -0.419 e. The van der Waals surface area contributed by atoms with Crippen molar-refractivity contribution in [2.45, 2.75) is 19.9 Å². The van der Waals surface area contributed by atoms with Gasteiger partial charge in [0.15, 0.2) is 0 Å². The summed E-state index contributed by atoms with van der Waals surface area (Å²) >= 11 is 0. The van der Waals surface area contributed by atoms with Gasteiger partial charge < -0.3 is 9.52 Å². The van der Waals surface area contributed by atoms with Crippen LogP contribution in [-0.2, 0) is 13.0 Å². The fourth-order valence-electron chi connectivity index (χ4n) is 1.91. The number of benzene rings is 1. The Hall–Kier alpha value is -2.54. The van der Waals surface area contributed by atoms with Crippen molar-refractivity contribution in [2.24, 2.45) is 0 Å². The van der Waals surface area contributed by atoms with Crippen molar-refractivity contribution in [1.29, 1.82) is 0 Å². The Balaban J connectivity index is 1.73. The molecule has 0 aliphatic rings. The summed E-state index contributed by atoms with van der Waals surface area (Å²) in [5.41, 5.74) is 2.80. The minimum absolute atomic E-state index is 0.0524. The van der Waals surface area contributed by atoms with E-state index in [0.29, 0.717) is 24.7 Å². The smallest absolute Gasteiger partial charge is 0.247 e. The molecule has 3 aromatic rings. The number of nitrogens with zero attached hydrogens (tertiary/aromatic N) is 5. The quantitative estimate of drug-likeness (QED) is 0.758. The number of aliphatic hydroxyl groups is 1. The maximum atomic E-state index is 8.85. The van der Waals surface area contributed by atoms with Gasteiger partial charge in [0, 0.05) is 24.8 Å². The zero-order valence-electron chi connectivity index (χ0n) is 11.6. The molecule has 0 amide bonds. The van der Waals surface area contributed by atoms with Crippen LogP contribution in [0.25, 0.3) is 11.5 Å². The van der Waals surface area contributed by atoms with Crippen molar-refractivity contribution in [3.8, 4) is 11.5 Å². The monoisotopic (exact) mass is 285 g/mol. The zero-order valence-corrected chi connectivity index (χ0v) is 11.6. The lowest BCUT2D eigenvalue weighted by Crippen LogP contribution is -2.00. The van der Waals surface area contributed by atoms with E-state index in [9.17, 15) is 0 Å². The molecule has 0 saturated heterocycles. The van der Waals surface area contributed by atoms with E-state index >= 15 is 0 Å². The van der Waals surface area contributed by atoms with E-state index in [1.54, 1.807) is 10.9 Å². The van der Waals surface area contributed by atoms with E-state index < -0.39 is 0 Å². The summed E-state index contributed by atoms with van der Waals surface area (Å²) < 4.78 is 7.23. The van der Waals surface area contributed by atoms with Gasteiger partial charge in [-0.2, -0.15) is 0 Å². The van der Waals surface area contributed by atoms with Gasteiger partial charge in [-0.1, -0.05) is 22.9 Å². The van der Waals surface area contributed by atoms with Crippen molar-refractivity contribution in [2.75, 3.05) is 6.61 Å². The average molecular weight is 285 g/mol. The third kappa shape index (κ3) is 3.14. The highest BCUT2D eigenvalue weighted by Crippen LogP contribution is 2.18. The van der Waals surface area contributed by atoms with Crippen molar-refractivity contribution in [3.05, 3.63) is 47.6 Å². The molecule has 2 heterocycles. The number of aryl methyl sites for hydroxylation is 1. The second kappa shape index (κ2) is 5.84. The van der Waals surface area contributed by atoms with Gasteiger partial charge in [-0.15, -0.1) is 15.3 Å². The van der Waals surface area contributed by atoms with Crippen molar-refractivity contribution in [1.82, 2.24) is 25.2 Å². The van der Waals surface area contributed by atoms with Gasteiger partial charge in [0.2, 0.25) is 11.8 Å². The van der Waals surface area contributed by atoms with Crippen molar-refractivity contribution < 1.29 is 9.52 Å². The first-order valence-corrected chi connectivity index (χ1v) is 6.64. The highest BCUT2D eigenvalue weighted by molar-refractivity contribution is 5.52. The normalized spacial score (nSPS) is 11.0. The second-order valence-corrected chi connectivity index (χ2v) is 4.75. The Morgan fingerprint density at radius 1 is 1.14 bits per heavy atom. The molecule has 0 spiro atoms. The molecule has 1 N–H and O–H groups in total. The number of aromatic nitrogens is 5. The van der Waals surface area contributed by atoms with E-state index in [1.807, 2.05) is 31.2 Å². The summed E-state index contributed by atoms with van der Waals surface area (Å²) in [5, 5.41) is 24.8. The fourth-order valence-corrected chi connectivity index (χ4v) is 1.91. The van der Waals surface area contributed by atoms with Crippen LogP contribution in [0.15, 0.2) is 34.9 Å². The Morgan fingerprint density at radius 3 is 2.71 bits per heavy atom. The van der Waals surface area contributed by atoms with E-state index in [1.165, 1.54) is 5.56 Å². The maximum absolute atomic E-state index is 8.85. The predicted molar refractivity (Wildman–Crippen MR) is 74.4 cm³/mol. The van der Waals surface area contributed by atoms with Crippen LogP contribution < -0.4 is 0 Å². The average Bonchev–Trinajstić information content (AvgIpc) is 3.11. The summed E-state index contributed by atoms with van der Waals surface area (Å²) in [6.07, 6.45) is 2.24. The van der Waals surface area contributed by atoms with Crippen LogP contribution in [0.4, 0.5) is 0 Å². The standard InChI is InChI=1S/C14H15N5O2/c1-10-2-4-11(5-3-10)14-17-16-13(21-14)9-19-8-12(6-7-20)15-18-19/h2-5,8,20H,6-7,9H2,1H3. The lowest BCUT2D eigenvalue weighted by atomic mass is 10.1. The minimum atomic E-state index is 0.0524. The first kappa shape index (κ1) is 13.4. The molecule has 108 valence electrons. The fraction of sp³-hybridized carbons (Fsp3) is 0.286. The van der Waals surface area contributed by atoms with Crippen LogP contribution in [0, 0.1) is 6.92 Å². The molecule has 2 aromatic heterocycles. The Morgan fingerprint density at radius 2 is 1.95 bits per heavy atom. The largest absolute Gasteiger partial charge is 0.419 e. The van der Waals surface area contributed by atoms with Gasteiger partial charge in [0.25, 0.3) is 0 Å². The third-order valence-corrected chi connectivity index (χ3v) is 3.02. The molecular formula is C14H15N5O2. The van der Waals surface area contributed by atoms with Gasteiger partial charge in [-0.05, 0) is 19.1 Å². The molecule has 0 unspecified atom stereocenters. The van der Waals surface area contributed by atoms with Gasteiger partial charge in [-0.3, -0.25) is 0 Å². The first-order valence-electron chi connectivity index (χ1n) is 6.64. The molecule has 0 aliphatic heterocycles. The second-order valence-electron chi connectivity index (χ2n) is 4.75. The van der Waals surface area contributed by atoms with E-state index in [-0.39, 0.29) is 6.61 Å². The highest BCUT2D eigenvalue weighted by atomic mass is 16.4. The third-order valence-electron chi connectivity index (χ3n) is 3.02. The summed E-state index contributed by atoms with van der Waals surface area (Å²) in [6, 6.07) is 7.89. The molecule has 1 aromatic carbocycles. The predicted octanol–water partition coefficient (Wildman–Crippen LogP) is 1.22. The number of hydrogen-bond acceptors (Lipinski definition) is 6. The van der Waals surface area contributed by atoms with Gasteiger partial charge in [0.1, 0.15) is 6.54 Å². The summed E-state index contributed by atoms with van der Waals surface area (Å²) in [5.74, 6) is 0.951. The van der Waals surface area contributed by atoms with Crippen molar-refractivity contribution >= 4 is 0 Å². The Kier molecular flexibility index (Phi) is 3.74. The summed E-state index contributed by atoms with van der Waals surface area (Å²) in [6.45, 7) is 2.44. The molecule has 7 nitrogen and oxygen atoms in total. The molecule has 0 bridgehead atoms. The number of aliphatic hydroxyl groups excluding tert-OH is 1. The molecule has 21 heavy (non-hydrogen) atoms. The van der Waals surface area contributed by atoms with Crippen LogP contribution in [0.5, 0.6) is 0 Å². The molecule has 0 atom stereocenters. The lowest BCUT2D eigenvalue weighted by molar-refractivity contribution is 0.298. The molecule has 3 rings (SSSR count). The molecule has 0 radical (unpaired) electrons. The number of rotatable bonds is 5. The Labute approximate surface area is 121 Å². The van der Waals surface area contributed by atoms with E-state index in [0.717, 1.165) is 11.3 Å². The van der Waals surface area contributed by atoms with Crippen LogP contribution in [0.2, 0.25) is 0 Å². The molecule has 0 fully saturated rings. The van der Waals surface area contributed by atoms with Crippen molar-refractivity contribution in [3.63, 3.8) is 0 Å². The maximum Gasteiger partial charge on any atom is 0.247 e. The lowest BCUT2D eigenvalue weighted by Gasteiger charge is -1.96. The van der Waals surface area contributed by atoms with Crippen LogP contribution in [0.3, 0.4) is 0 Å². The van der Waals surface area contributed by atoms with Gasteiger partial charge in [-0.25, -0.2) is 4.68 Å². The molecule has 7 heteroatoms. The van der Waals surface area contributed by atoms with Crippen LogP contribution >= 0.6 is 0 Å². The molecule has 0 aliphatic carbocycles. The first-order chi connectivity index (χ1) is 10.2. The SMILES string of the molecule is Cc1ccc(-c2nnc(Cn3cc(CCO)nn3)o2)cc1. The molecular weight excluding hydrogens is 270 g/mol. The highest BCUT2D eigenvalue weighted by Gasteiger charge is 2.10. The van der Waals surface area contributed by atoms with E-state index in [4.69, 9.17) is 9.52 Å². The molecule has 0 saturated carbocycles. The van der Waals surface area contributed by atoms with Gasteiger partial charge in [0.05, 0.1) is 5.69 Å². The summed E-state index contributed by atoms with van der Waals surface area (Å²) in [7, 11) is 0. The van der Waals surface area contributed by atoms with Crippen LogP contribution in [0.1, 0.15) is 17.1 Å². The Bertz CT molecular complexity index is 717. The zero-order chi connectivity index (χ0) is 14.7. The topological polar surface area (TPSA) is 89.9 Å². The van der Waals surface area contributed by atoms with E-state index in [2.05, 4.69) is 20.5 Å². The number of hydrogen-bond donors (Lipinski definition) is 1. The van der Waals surface area contributed by atoms with Gasteiger partial charge >= 0.3 is 0 Å².